The fourth-order valence-electron chi connectivity index (χ4n) is 4.30. The second-order valence-corrected chi connectivity index (χ2v) is 9.95. The number of likely N-dealkylation sites (tertiary alicyclic amines) is 1. The molecule has 1 aromatic carbocycles. The maximum Gasteiger partial charge on any atom is 0.243 e. The first-order valence-corrected chi connectivity index (χ1v) is 12.1. The van der Waals surface area contributed by atoms with Crippen molar-refractivity contribution in [1.82, 2.24) is 9.21 Å². The second kappa shape index (κ2) is 9.35. The number of anilines is 1. The molecule has 9 nitrogen and oxygen atoms in total. The van der Waals surface area contributed by atoms with E-state index in [2.05, 4.69) is 0 Å². The van der Waals surface area contributed by atoms with E-state index in [1.807, 2.05) is 0 Å². The molecule has 0 bridgehead atoms. The molecule has 2 atom stereocenters. The lowest BCUT2D eigenvalue weighted by Gasteiger charge is -2.32. The van der Waals surface area contributed by atoms with Gasteiger partial charge in [-0.25, -0.2) is 8.42 Å². The van der Waals surface area contributed by atoms with Crippen LogP contribution in [0.3, 0.4) is 0 Å². The number of rotatable bonds is 7. The predicted octanol–water partition coefficient (Wildman–Crippen LogP) is 0.794. The van der Waals surface area contributed by atoms with E-state index in [1.165, 1.54) is 21.3 Å². The number of benzene rings is 1. The summed E-state index contributed by atoms with van der Waals surface area (Å²) in [6, 6.07) is 6.19. The highest BCUT2D eigenvalue weighted by molar-refractivity contribution is 7.89. The van der Waals surface area contributed by atoms with Gasteiger partial charge in [-0.2, -0.15) is 4.31 Å². The lowest BCUT2D eigenvalue weighted by molar-refractivity contribution is -0.139. The summed E-state index contributed by atoms with van der Waals surface area (Å²) in [6.45, 7) is 5.41. The Bertz CT molecular complexity index is 943. The lowest BCUT2D eigenvalue weighted by atomic mass is 9.96. The standard InChI is InChI=1S/C21H30N4O5S/c1-3-24(4-2)31(29,30)18-9-7-17(8-10-18)25-14-16(12-19(25)26)21(28)23-11-5-6-15(13-23)20(22)27/h7-10,15-16H,3-6,11-14H2,1-2H3,(H2,22,27)/t15-,16+/m0/s1. The molecular weight excluding hydrogens is 420 g/mol. The van der Waals surface area contributed by atoms with Gasteiger partial charge in [0.25, 0.3) is 0 Å². The van der Waals surface area contributed by atoms with E-state index in [9.17, 15) is 22.8 Å². The van der Waals surface area contributed by atoms with Gasteiger partial charge >= 0.3 is 0 Å². The Balaban J connectivity index is 1.70. The highest BCUT2D eigenvalue weighted by Crippen LogP contribution is 2.29. The highest BCUT2D eigenvalue weighted by Gasteiger charge is 2.39. The van der Waals surface area contributed by atoms with Gasteiger partial charge in [-0.05, 0) is 37.1 Å². The van der Waals surface area contributed by atoms with Gasteiger partial charge in [-0.3, -0.25) is 14.4 Å². The molecule has 0 radical (unpaired) electrons. The SMILES string of the molecule is CCN(CC)S(=O)(=O)c1ccc(N2C[C@H](C(=O)N3CCC[C@H](C(N)=O)C3)CC2=O)cc1. The minimum atomic E-state index is -3.57. The third-order valence-corrected chi connectivity index (χ3v) is 8.17. The molecule has 1 aromatic rings. The number of amides is 3. The molecule has 170 valence electrons. The Hall–Kier alpha value is -2.46. The van der Waals surface area contributed by atoms with E-state index in [-0.39, 0.29) is 35.6 Å². The summed E-state index contributed by atoms with van der Waals surface area (Å²) in [5.41, 5.74) is 5.96. The van der Waals surface area contributed by atoms with Crippen molar-refractivity contribution in [3.8, 4) is 0 Å². The fourth-order valence-corrected chi connectivity index (χ4v) is 5.76. The predicted molar refractivity (Wildman–Crippen MR) is 116 cm³/mol. The van der Waals surface area contributed by atoms with Crippen LogP contribution in [0.1, 0.15) is 33.1 Å². The molecule has 10 heteroatoms. The maximum absolute atomic E-state index is 12.9. The molecule has 0 saturated carbocycles. The number of hydrogen-bond acceptors (Lipinski definition) is 5. The number of carbonyl (C=O) groups excluding carboxylic acids is 3. The summed E-state index contributed by atoms with van der Waals surface area (Å²) in [5.74, 6) is -1.55. The Morgan fingerprint density at radius 2 is 1.74 bits per heavy atom. The van der Waals surface area contributed by atoms with Crippen molar-refractivity contribution >= 4 is 33.4 Å². The zero-order valence-corrected chi connectivity index (χ0v) is 18.8. The number of sulfonamides is 1. The van der Waals surface area contributed by atoms with Crippen LogP contribution in [0.4, 0.5) is 5.69 Å². The first-order chi connectivity index (χ1) is 14.7. The summed E-state index contributed by atoms with van der Waals surface area (Å²) in [6.07, 6.45) is 1.49. The van der Waals surface area contributed by atoms with Crippen molar-refractivity contribution in [2.75, 3.05) is 37.6 Å². The average Bonchev–Trinajstić information content (AvgIpc) is 3.15. The largest absolute Gasteiger partial charge is 0.369 e. The van der Waals surface area contributed by atoms with Crippen LogP contribution in [-0.2, 0) is 24.4 Å². The number of piperidine rings is 1. The summed E-state index contributed by atoms with van der Waals surface area (Å²) in [4.78, 5) is 40.3. The Morgan fingerprint density at radius 1 is 1.10 bits per heavy atom. The zero-order chi connectivity index (χ0) is 22.8. The van der Waals surface area contributed by atoms with Crippen LogP contribution in [0.25, 0.3) is 0 Å². The maximum atomic E-state index is 12.9. The average molecular weight is 451 g/mol. The first kappa shape index (κ1) is 23.2. The Labute approximate surface area is 183 Å². The van der Waals surface area contributed by atoms with E-state index in [0.717, 1.165) is 0 Å². The normalized spacial score (nSPS) is 22.2. The van der Waals surface area contributed by atoms with Crippen molar-refractivity contribution in [2.45, 2.75) is 38.0 Å². The van der Waals surface area contributed by atoms with Gasteiger partial charge in [0.1, 0.15) is 0 Å². The van der Waals surface area contributed by atoms with Gasteiger partial charge < -0.3 is 15.5 Å². The lowest BCUT2D eigenvalue weighted by Crippen LogP contribution is -2.46. The number of primary amides is 1. The second-order valence-electron chi connectivity index (χ2n) is 8.01. The van der Waals surface area contributed by atoms with Crippen molar-refractivity contribution in [3.05, 3.63) is 24.3 Å². The third kappa shape index (κ3) is 4.74. The van der Waals surface area contributed by atoms with E-state index in [0.29, 0.717) is 44.7 Å². The zero-order valence-electron chi connectivity index (χ0n) is 18.0. The third-order valence-electron chi connectivity index (χ3n) is 6.10. The van der Waals surface area contributed by atoms with E-state index >= 15 is 0 Å². The van der Waals surface area contributed by atoms with Crippen molar-refractivity contribution in [3.63, 3.8) is 0 Å². The van der Waals surface area contributed by atoms with Gasteiger partial charge in [-0.15, -0.1) is 0 Å². The summed E-state index contributed by atoms with van der Waals surface area (Å²) < 4.78 is 26.7. The molecule has 2 saturated heterocycles. The number of carbonyl (C=O) groups is 3. The highest BCUT2D eigenvalue weighted by atomic mass is 32.2. The molecule has 2 heterocycles. The van der Waals surface area contributed by atoms with Crippen LogP contribution in [0, 0.1) is 11.8 Å². The van der Waals surface area contributed by atoms with Crippen LogP contribution < -0.4 is 10.6 Å². The topological polar surface area (TPSA) is 121 Å². The van der Waals surface area contributed by atoms with Crippen LogP contribution >= 0.6 is 0 Å². The molecule has 0 unspecified atom stereocenters. The number of nitrogens with two attached hydrogens (primary N) is 1. The molecule has 0 aromatic heterocycles. The van der Waals surface area contributed by atoms with E-state index < -0.39 is 21.8 Å². The molecule has 2 fully saturated rings. The molecule has 2 aliphatic heterocycles. The van der Waals surface area contributed by atoms with Crippen LogP contribution in [0.15, 0.2) is 29.2 Å². The van der Waals surface area contributed by atoms with Gasteiger partial charge in [0, 0.05) is 44.8 Å². The van der Waals surface area contributed by atoms with Gasteiger partial charge in [0.2, 0.25) is 27.7 Å². The Morgan fingerprint density at radius 3 is 2.32 bits per heavy atom. The van der Waals surface area contributed by atoms with Crippen molar-refractivity contribution in [1.29, 1.82) is 0 Å². The van der Waals surface area contributed by atoms with Gasteiger partial charge in [0.15, 0.2) is 0 Å². The first-order valence-electron chi connectivity index (χ1n) is 10.7. The molecule has 0 spiro atoms. The molecule has 0 aliphatic carbocycles. The van der Waals surface area contributed by atoms with E-state index in [1.54, 1.807) is 30.9 Å². The van der Waals surface area contributed by atoms with Crippen LogP contribution in [-0.4, -0.2) is 68.1 Å². The van der Waals surface area contributed by atoms with Crippen molar-refractivity contribution < 1.29 is 22.8 Å². The molecule has 2 N–H and O–H groups in total. The molecular formula is C21H30N4O5S. The minimum absolute atomic E-state index is 0.0933. The Kier molecular flexibility index (Phi) is 7.00. The number of nitrogens with zero attached hydrogens (tertiary/aromatic N) is 3. The summed E-state index contributed by atoms with van der Waals surface area (Å²) in [5, 5.41) is 0. The quantitative estimate of drug-likeness (QED) is 0.658. The molecule has 3 rings (SSSR count). The fraction of sp³-hybridized carbons (Fsp3) is 0.571. The number of hydrogen-bond donors (Lipinski definition) is 1. The van der Waals surface area contributed by atoms with Crippen LogP contribution in [0.5, 0.6) is 0 Å². The molecule has 31 heavy (non-hydrogen) atoms. The molecule has 3 amide bonds. The summed E-state index contributed by atoms with van der Waals surface area (Å²) >= 11 is 0. The minimum Gasteiger partial charge on any atom is -0.369 e. The van der Waals surface area contributed by atoms with Crippen molar-refractivity contribution in [2.24, 2.45) is 17.6 Å². The van der Waals surface area contributed by atoms with Gasteiger partial charge in [0.05, 0.1) is 16.7 Å². The molecule has 2 aliphatic rings. The van der Waals surface area contributed by atoms with Gasteiger partial charge in [-0.1, -0.05) is 13.8 Å². The van der Waals surface area contributed by atoms with Crippen LogP contribution in [0.2, 0.25) is 0 Å². The van der Waals surface area contributed by atoms with E-state index in [4.69, 9.17) is 5.73 Å². The smallest absolute Gasteiger partial charge is 0.243 e. The monoisotopic (exact) mass is 450 g/mol. The summed E-state index contributed by atoms with van der Waals surface area (Å²) in [7, 11) is -3.57.